The molecule has 0 amide bonds. The van der Waals surface area contributed by atoms with Crippen molar-refractivity contribution in [2.24, 2.45) is 0 Å². The number of halogens is 2. The molecular weight excluding hydrogens is 349 g/mol. The number of hydrogen-bond acceptors (Lipinski definition) is 7. The normalized spacial score (nSPS) is 10.8. The lowest BCUT2D eigenvalue weighted by Crippen LogP contribution is -1.86. The lowest BCUT2D eigenvalue weighted by Gasteiger charge is -2.03. The van der Waals surface area contributed by atoms with Gasteiger partial charge >= 0.3 is 0 Å². The van der Waals surface area contributed by atoms with Gasteiger partial charge in [-0.25, -0.2) is 0 Å². The fraction of sp³-hybridized carbons (Fsp3) is 0.0833. The highest BCUT2D eigenvalue weighted by Crippen LogP contribution is 2.33. The Morgan fingerprint density at radius 2 is 1.81 bits per heavy atom. The van der Waals surface area contributed by atoms with E-state index in [4.69, 9.17) is 23.2 Å². The van der Waals surface area contributed by atoms with Crippen LogP contribution in [0, 0.1) is 0 Å². The van der Waals surface area contributed by atoms with Gasteiger partial charge in [-0.1, -0.05) is 46.3 Å². The van der Waals surface area contributed by atoms with E-state index in [0.717, 1.165) is 14.9 Å². The van der Waals surface area contributed by atoms with Crippen LogP contribution < -0.4 is 0 Å². The van der Waals surface area contributed by atoms with Crippen molar-refractivity contribution in [1.82, 2.24) is 25.1 Å². The number of aromatic nitrogens is 5. The summed E-state index contributed by atoms with van der Waals surface area (Å²) in [6, 6.07) is 0. The molecular formula is C12H7Cl2N5S2. The number of hydrogen-bond donors (Lipinski definition) is 0. The summed E-state index contributed by atoms with van der Waals surface area (Å²) in [6.07, 6.45) is 8.06. The zero-order valence-electron chi connectivity index (χ0n) is 10.4. The number of nitrogens with zero attached hydrogens (tertiary/aromatic N) is 5. The molecule has 0 unspecified atom stereocenters. The van der Waals surface area contributed by atoms with Crippen molar-refractivity contribution >= 4 is 46.3 Å². The van der Waals surface area contributed by atoms with Gasteiger partial charge in [0, 0.05) is 36.1 Å². The van der Waals surface area contributed by atoms with Crippen LogP contribution in [-0.4, -0.2) is 25.1 Å². The van der Waals surface area contributed by atoms with Gasteiger partial charge in [0.05, 0.1) is 16.2 Å². The van der Waals surface area contributed by atoms with E-state index in [-0.39, 0.29) is 0 Å². The van der Waals surface area contributed by atoms with Crippen LogP contribution in [0.4, 0.5) is 0 Å². The van der Waals surface area contributed by atoms with Crippen molar-refractivity contribution in [2.75, 3.05) is 0 Å². The lowest BCUT2D eigenvalue weighted by atomic mass is 10.3. The van der Waals surface area contributed by atoms with E-state index in [2.05, 4.69) is 25.1 Å². The lowest BCUT2D eigenvalue weighted by molar-refractivity contribution is 1.01. The van der Waals surface area contributed by atoms with Crippen molar-refractivity contribution in [1.29, 1.82) is 0 Å². The molecule has 3 heterocycles. The summed E-state index contributed by atoms with van der Waals surface area (Å²) in [4.78, 5) is 12.1. The maximum absolute atomic E-state index is 6.09. The molecule has 0 aliphatic rings. The van der Waals surface area contributed by atoms with Gasteiger partial charge in [-0.05, 0) is 0 Å². The first kappa shape index (κ1) is 14.6. The maximum Gasteiger partial charge on any atom is 0.175 e. The van der Waals surface area contributed by atoms with E-state index >= 15 is 0 Å². The Kier molecular flexibility index (Phi) is 4.64. The molecule has 0 aromatic carbocycles. The van der Waals surface area contributed by atoms with Gasteiger partial charge in [-0.15, -0.1) is 10.2 Å². The first-order valence-electron chi connectivity index (χ1n) is 5.74. The Labute approximate surface area is 138 Å². The molecule has 0 radical (unpaired) electrons. The molecule has 0 spiro atoms. The SMILES string of the molecule is Clc1cncc(Cl)c1CSc1nnc(-c2cnccn2)s1. The molecule has 0 aliphatic carbocycles. The zero-order chi connectivity index (χ0) is 14.7. The molecule has 0 atom stereocenters. The van der Waals surface area contributed by atoms with Crippen LogP contribution in [-0.2, 0) is 5.75 Å². The monoisotopic (exact) mass is 355 g/mol. The minimum Gasteiger partial charge on any atom is -0.262 e. The molecule has 3 aromatic heterocycles. The van der Waals surface area contributed by atoms with E-state index in [0.29, 0.717) is 21.5 Å². The summed E-state index contributed by atoms with van der Waals surface area (Å²) >= 11 is 15.1. The first-order valence-corrected chi connectivity index (χ1v) is 8.30. The third-order valence-corrected chi connectivity index (χ3v) is 5.24. The van der Waals surface area contributed by atoms with E-state index in [1.807, 2.05) is 0 Å². The van der Waals surface area contributed by atoms with Gasteiger partial charge in [0.1, 0.15) is 5.69 Å². The Hall–Kier alpha value is -1.28. The van der Waals surface area contributed by atoms with Gasteiger partial charge in [0.2, 0.25) is 0 Å². The predicted molar refractivity (Wildman–Crippen MR) is 84.8 cm³/mol. The molecule has 9 heteroatoms. The molecule has 0 aliphatic heterocycles. The summed E-state index contributed by atoms with van der Waals surface area (Å²) in [5.74, 6) is 0.606. The third kappa shape index (κ3) is 3.49. The van der Waals surface area contributed by atoms with Gasteiger partial charge < -0.3 is 0 Å². The average Bonchev–Trinajstić information content (AvgIpc) is 2.97. The van der Waals surface area contributed by atoms with Gasteiger partial charge in [0.25, 0.3) is 0 Å². The van der Waals surface area contributed by atoms with Gasteiger partial charge in [-0.2, -0.15) is 0 Å². The average molecular weight is 356 g/mol. The van der Waals surface area contributed by atoms with Crippen molar-refractivity contribution in [3.63, 3.8) is 0 Å². The topological polar surface area (TPSA) is 64.5 Å². The number of rotatable bonds is 4. The summed E-state index contributed by atoms with van der Waals surface area (Å²) in [5.41, 5.74) is 1.55. The minimum atomic E-state index is 0.550. The van der Waals surface area contributed by atoms with E-state index in [9.17, 15) is 0 Å². The van der Waals surface area contributed by atoms with Crippen LogP contribution in [0.25, 0.3) is 10.7 Å². The second-order valence-corrected chi connectivity index (χ2v) is 6.85. The van der Waals surface area contributed by atoms with Crippen LogP contribution in [0.1, 0.15) is 5.56 Å². The molecule has 21 heavy (non-hydrogen) atoms. The number of thioether (sulfide) groups is 1. The number of pyridine rings is 1. The summed E-state index contributed by atoms with van der Waals surface area (Å²) in [6.45, 7) is 0. The van der Waals surface area contributed by atoms with Crippen LogP contribution in [0.2, 0.25) is 10.0 Å². The fourth-order valence-electron chi connectivity index (χ4n) is 1.49. The van der Waals surface area contributed by atoms with E-state index in [1.54, 1.807) is 31.0 Å². The highest BCUT2D eigenvalue weighted by molar-refractivity contribution is 8.00. The molecule has 3 rings (SSSR count). The second kappa shape index (κ2) is 6.65. The minimum absolute atomic E-state index is 0.550. The van der Waals surface area contributed by atoms with Gasteiger partial charge in [-0.3, -0.25) is 15.0 Å². The second-order valence-electron chi connectivity index (χ2n) is 3.83. The first-order chi connectivity index (χ1) is 10.2. The Morgan fingerprint density at radius 3 is 2.52 bits per heavy atom. The molecule has 0 fully saturated rings. The van der Waals surface area contributed by atoms with Crippen LogP contribution in [0.15, 0.2) is 35.3 Å². The fourth-order valence-corrected chi connectivity index (χ4v) is 4.01. The Balaban J connectivity index is 1.74. The van der Waals surface area contributed by atoms with Gasteiger partial charge in [0.15, 0.2) is 9.35 Å². The van der Waals surface area contributed by atoms with Crippen LogP contribution in [0.5, 0.6) is 0 Å². The third-order valence-electron chi connectivity index (χ3n) is 2.48. The van der Waals surface area contributed by atoms with E-state index < -0.39 is 0 Å². The Bertz CT molecular complexity index is 730. The molecule has 0 N–H and O–H groups in total. The van der Waals surface area contributed by atoms with Crippen molar-refractivity contribution in [2.45, 2.75) is 10.1 Å². The molecule has 5 nitrogen and oxygen atoms in total. The summed E-state index contributed by atoms with van der Waals surface area (Å²) in [7, 11) is 0. The Morgan fingerprint density at radius 1 is 1.00 bits per heavy atom. The van der Waals surface area contributed by atoms with E-state index in [1.165, 1.54) is 23.1 Å². The predicted octanol–water partition coefficient (Wildman–Crippen LogP) is 3.99. The molecule has 3 aromatic rings. The molecule has 0 saturated heterocycles. The summed E-state index contributed by atoms with van der Waals surface area (Å²) < 4.78 is 0.819. The molecule has 0 bridgehead atoms. The highest BCUT2D eigenvalue weighted by atomic mass is 35.5. The van der Waals surface area contributed by atoms with Crippen molar-refractivity contribution in [3.05, 3.63) is 46.6 Å². The quantitative estimate of drug-likeness (QED) is 0.659. The largest absolute Gasteiger partial charge is 0.262 e. The zero-order valence-corrected chi connectivity index (χ0v) is 13.5. The van der Waals surface area contributed by atoms with Crippen molar-refractivity contribution < 1.29 is 0 Å². The molecule has 0 saturated carbocycles. The summed E-state index contributed by atoms with van der Waals surface area (Å²) in [5, 5.41) is 10.1. The molecule has 106 valence electrons. The van der Waals surface area contributed by atoms with Crippen LogP contribution >= 0.6 is 46.3 Å². The van der Waals surface area contributed by atoms with Crippen molar-refractivity contribution in [3.8, 4) is 10.7 Å². The maximum atomic E-state index is 6.09. The standard InChI is InChI=1S/C12H7Cl2N5S2/c13-8-3-16-4-9(14)7(8)6-20-12-19-18-11(21-12)10-5-15-1-2-17-10/h1-5H,6H2. The van der Waals surface area contributed by atoms with Crippen LogP contribution in [0.3, 0.4) is 0 Å². The highest BCUT2D eigenvalue weighted by Gasteiger charge is 2.11. The smallest absolute Gasteiger partial charge is 0.175 e.